The van der Waals surface area contributed by atoms with Crippen molar-refractivity contribution in [2.24, 2.45) is 28.1 Å². The Morgan fingerprint density at radius 3 is 2.06 bits per heavy atom. The number of carboxylic acids is 1. The van der Waals surface area contributed by atoms with E-state index in [2.05, 4.69) is 20.9 Å². The molecule has 0 aromatic heterocycles. The largest absolute Gasteiger partial charge is 0.480 e. The van der Waals surface area contributed by atoms with Crippen molar-refractivity contribution in [1.29, 1.82) is 0 Å². The number of nitrogens with zero attached hydrogens (tertiary/aromatic N) is 1. The predicted molar refractivity (Wildman–Crippen MR) is 135 cm³/mol. The summed E-state index contributed by atoms with van der Waals surface area (Å²) in [6, 6.07) is -4.44. The number of amides is 3. The second-order valence-corrected chi connectivity index (χ2v) is 9.31. The van der Waals surface area contributed by atoms with Crippen LogP contribution in [-0.4, -0.2) is 88.7 Å². The number of nitrogens with one attached hydrogen (secondary N) is 3. The molecular weight excluding hydrogens is 478 g/mol. The lowest BCUT2D eigenvalue weighted by Gasteiger charge is -2.28. The fourth-order valence-corrected chi connectivity index (χ4v) is 3.44. The Kier molecular flexibility index (Phi) is 15.7. The SMILES string of the molecule is CCC(C)C(NC(=O)C(CCSC)NC(=O)C(N)C(C)O)C(=O)NC(CCCN=C(N)N)C(=O)O. The number of hydrogen-bond acceptors (Lipinski definition) is 8. The molecule has 0 aliphatic heterocycles. The van der Waals surface area contributed by atoms with Gasteiger partial charge in [0, 0.05) is 6.54 Å². The Labute approximate surface area is 210 Å². The molecule has 0 saturated heterocycles. The highest BCUT2D eigenvalue weighted by Gasteiger charge is 2.33. The van der Waals surface area contributed by atoms with Crippen molar-refractivity contribution in [2.45, 2.75) is 76.7 Å². The molecule has 0 saturated carbocycles. The van der Waals surface area contributed by atoms with Gasteiger partial charge in [0.2, 0.25) is 17.7 Å². The van der Waals surface area contributed by atoms with Crippen LogP contribution in [0.1, 0.15) is 46.5 Å². The van der Waals surface area contributed by atoms with E-state index in [1.807, 2.05) is 13.2 Å². The summed E-state index contributed by atoms with van der Waals surface area (Å²) in [6.45, 7) is 5.15. The first-order valence-corrected chi connectivity index (χ1v) is 12.9. The summed E-state index contributed by atoms with van der Waals surface area (Å²) in [7, 11) is 0. The number of rotatable bonds is 17. The van der Waals surface area contributed by atoms with Crippen LogP contribution in [-0.2, 0) is 19.2 Å². The van der Waals surface area contributed by atoms with Crippen molar-refractivity contribution in [1.82, 2.24) is 16.0 Å². The molecule has 3 amide bonds. The monoisotopic (exact) mass is 519 g/mol. The number of guanidine groups is 1. The van der Waals surface area contributed by atoms with Crippen molar-refractivity contribution in [2.75, 3.05) is 18.6 Å². The summed E-state index contributed by atoms with van der Waals surface area (Å²) in [6.07, 6.45) is 1.92. The number of aliphatic hydroxyl groups is 1. The number of hydrogen-bond donors (Lipinski definition) is 8. The number of nitrogens with two attached hydrogens (primary N) is 3. The van der Waals surface area contributed by atoms with Crippen LogP contribution in [0.25, 0.3) is 0 Å². The van der Waals surface area contributed by atoms with E-state index in [9.17, 15) is 29.4 Å². The lowest BCUT2D eigenvalue weighted by atomic mass is 9.97. The first-order valence-electron chi connectivity index (χ1n) is 11.5. The molecule has 0 rings (SSSR count). The van der Waals surface area contributed by atoms with Gasteiger partial charge in [-0.1, -0.05) is 20.3 Å². The fourth-order valence-electron chi connectivity index (χ4n) is 2.97. The molecule has 35 heavy (non-hydrogen) atoms. The maximum absolute atomic E-state index is 13.0. The highest BCUT2D eigenvalue weighted by Crippen LogP contribution is 2.11. The van der Waals surface area contributed by atoms with Gasteiger partial charge in [-0.05, 0) is 44.1 Å². The Bertz CT molecular complexity index is 733. The maximum atomic E-state index is 13.0. The number of aliphatic hydroxyl groups excluding tert-OH is 1. The molecule has 0 aromatic carbocycles. The quantitative estimate of drug-likeness (QED) is 0.0602. The Hall–Kier alpha value is -2.58. The summed E-state index contributed by atoms with van der Waals surface area (Å²) >= 11 is 1.47. The Balaban J connectivity index is 5.47. The van der Waals surface area contributed by atoms with Crippen LogP contribution in [0, 0.1) is 5.92 Å². The zero-order chi connectivity index (χ0) is 27.1. The Morgan fingerprint density at radius 1 is 0.971 bits per heavy atom. The zero-order valence-electron chi connectivity index (χ0n) is 20.8. The van der Waals surface area contributed by atoms with Crippen LogP contribution in [0.4, 0.5) is 0 Å². The molecule has 0 bridgehead atoms. The molecule has 6 unspecified atom stereocenters. The summed E-state index contributed by atoms with van der Waals surface area (Å²) in [4.78, 5) is 53.8. The van der Waals surface area contributed by atoms with Crippen molar-refractivity contribution < 1.29 is 29.4 Å². The minimum atomic E-state index is -1.23. The molecule has 0 aliphatic rings. The number of aliphatic imine (C=N–C) groups is 1. The van der Waals surface area contributed by atoms with Crippen molar-refractivity contribution >= 4 is 41.4 Å². The number of carbonyl (C=O) groups excluding carboxylic acids is 3. The third kappa shape index (κ3) is 12.6. The predicted octanol–water partition coefficient (Wildman–Crippen LogP) is -1.91. The minimum Gasteiger partial charge on any atom is -0.480 e. The lowest BCUT2D eigenvalue weighted by Crippen LogP contribution is -2.59. The number of aliphatic carboxylic acids is 1. The first-order chi connectivity index (χ1) is 16.3. The molecular formula is C21H41N7O6S. The van der Waals surface area contributed by atoms with Crippen LogP contribution in [0.15, 0.2) is 4.99 Å². The van der Waals surface area contributed by atoms with E-state index < -0.39 is 54.0 Å². The van der Waals surface area contributed by atoms with E-state index >= 15 is 0 Å². The average molecular weight is 520 g/mol. The van der Waals surface area contributed by atoms with Gasteiger partial charge in [0.15, 0.2) is 5.96 Å². The second-order valence-electron chi connectivity index (χ2n) is 8.33. The van der Waals surface area contributed by atoms with Gasteiger partial charge >= 0.3 is 5.97 Å². The molecule has 6 atom stereocenters. The van der Waals surface area contributed by atoms with Gasteiger partial charge in [-0.2, -0.15) is 11.8 Å². The molecule has 0 heterocycles. The van der Waals surface area contributed by atoms with Crippen molar-refractivity contribution in [3.63, 3.8) is 0 Å². The van der Waals surface area contributed by atoms with Crippen LogP contribution >= 0.6 is 11.8 Å². The minimum absolute atomic E-state index is 0.0860. The third-order valence-electron chi connectivity index (χ3n) is 5.42. The van der Waals surface area contributed by atoms with E-state index in [0.717, 1.165) is 0 Å². The lowest BCUT2D eigenvalue weighted by molar-refractivity contribution is -0.143. The molecule has 0 radical (unpaired) electrons. The normalized spacial score (nSPS) is 16.1. The van der Waals surface area contributed by atoms with E-state index in [4.69, 9.17) is 17.2 Å². The van der Waals surface area contributed by atoms with E-state index in [0.29, 0.717) is 18.6 Å². The molecule has 0 aromatic rings. The second kappa shape index (κ2) is 16.9. The van der Waals surface area contributed by atoms with E-state index in [1.54, 1.807) is 6.92 Å². The van der Waals surface area contributed by atoms with Gasteiger partial charge < -0.3 is 43.4 Å². The van der Waals surface area contributed by atoms with Crippen LogP contribution in [0.5, 0.6) is 0 Å². The van der Waals surface area contributed by atoms with Gasteiger partial charge in [-0.3, -0.25) is 19.4 Å². The van der Waals surface area contributed by atoms with Crippen LogP contribution in [0.3, 0.4) is 0 Å². The number of thioether (sulfide) groups is 1. The van der Waals surface area contributed by atoms with Crippen molar-refractivity contribution in [3.8, 4) is 0 Å². The summed E-state index contributed by atoms with van der Waals surface area (Å²) < 4.78 is 0. The molecule has 0 fully saturated rings. The summed E-state index contributed by atoms with van der Waals surface area (Å²) in [5.41, 5.74) is 16.2. The van der Waals surface area contributed by atoms with Gasteiger partial charge in [0.1, 0.15) is 24.2 Å². The van der Waals surface area contributed by atoms with Gasteiger partial charge in [0.25, 0.3) is 0 Å². The zero-order valence-corrected chi connectivity index (χ0v) is 21.6. The topological polar surface area (TPSA) is 235 Å². The van der Waals surface area contributed by atoms with Crippen LogP contribution in [0.2, 0.25) is 0 Å². The molecule has 11 N–H and O–H groups in total. The molecule has 13 nitrogen and oxygen atoms in total. The first kappa shape index (κ1) is 32.4. The van der Waals surface area contributed by atoms with Gasteiger partial charge in [-0.25, -0.2) is 4.79 Å². The average Bonchev–Trinajstić information content (AvgIpc) is 2.79. The fraction of sp³-hybridized carbons (Fsp3) is 0.762. The number of carbonyl (C=O) groups is 4. The molecule has 14 heteroatoms. The number of carboxylic acid groups (broad SMARTS) is 1. The van der Waals surface area contributed by atoms with Crippen molar-refractivity contribution in [3.05, 3.63) is 0 Å². The highest BCUT2D eigenvalue weighted by atomic mass is 32.2. The standard InChI is InChI=1S/C21H41N7O6S/c1-5-11(2)16(19(32)27-14(20(33)34)7-6-9-25-21(23)24)28-17(30)13(8-10-35-4)26-18(31)15(22)12(3)29/h11-16,29H,5-10,22H2,1-4H3,(H,26,31)(H,27,32)(H,28,30)(H,33,34)(H4,23,24,25). The third-order valence-corrected chi connectivity index (χ3v) is 6.06. The smallest absolute Gasteiger partial charge is 0.326 e. The highest BCUT2D eigenvalue weighted by molar-refractivity contribution is 7.98. The van der Waals surface area contributed by atoms with Gasteiger partial charge in [0.05, 0.1) is 6.10 Å². The molecule has 202 valence electrons. The Morgan fingerprint density at radius 2 is 1.57 bits per heavy atom. The molecule has 0 spiro atoms. The van der Waals surface area contributed by atoms with Crippen LogP contribution < -0.4 is 33.2 Å². The van der Waals surface area contributed by atoms with E-state index in [-0.39, 0.29) is 31.3 Å². The van der Waals surface area contributed by atoms with E-state index in [1.165, 1.54) is 18.7 Å². The molecule has 0 aliphatic carbocycles. The van der Waals surface area contributed by atoms with Gasteiger partial charge in [-0.15, -0.1) is 0 Å². The maximum Gasteiger partial charge on any atom is 0.326 e. The summed E-state index contributed by atoms with van der Waals surface area (Å²) in [5, 5.41) is 26.7. The summed E-state index contributed by atoms with van der Waals surface area (Å²) in [5.74, 6) is -3.08.